The summed E-state index contributed by atoms with van der Waals surface area (Å²) < 4.78 is 45.9. The van der Waals surface area contributed by atoms with E-state index in [1.807, 2.05) is 24.3 Å². The molecule has 1 aliphatic heterocycles. The average Bonchev–Trinajstić information content (AvgIpc) is 2.60. The molecule has 8 heteroatoms. The van der Waals surface area contributed by atoms with Crippen LogP contribution in [0, 0.1) is 0 Å². The van der Waals surface area contributed by atoms with Gasteiger partial charge >= 0.3 is 6.36 Å². The molecule has 3 N–H and O–H groups in total. The molecule has 2 aromatic rings. The lowest BCUT2D eigenvalue weighted by Crippen LogP contribution is -2.37. The smallest absolute Gasteiger partial charge is 0.493 e. The number of nitrogens with one attached hydrogen (secondary N) is 1. The average molecular weight is 365 g/mol. The Morgan fingerprint density at radius 1 is 1.19 bits per heavy atom. The van der Waals surface area contributed by atoms with Crippen molar-refractivity contribution in [3.63, 3.8) is 0 Å². The molecule has 3 rings (SSSR count). The quantitative estimate of drug-likeness (QED) is 0.643. The number of aliphatic imine (C=N–C) groups is 1. The molecule has 1 unspecified atom stereocenters. The summed E-state index contributed by atoms with van der Waals surface area (Å²) in [6.45, 7) is 0.832. The molecule has 0 spiro atoms. The molecule has 0 bridgehead atoms. The highest BCUT2D eigenvalue weighted by molar-refractivity contribution is 5.78. The Kier molecular flexibility index (Phi) is 5.20. The summed E-state index contributed by atoms with van der Waals surface area (Å²) in [5.41, 5.74) is 7.69. The highest BCUT2D eigenvalue weighted by Gasteiger charge is 2.30. The summed E-state index contributed by atoms with van der Waals surface area (Å²) in [4.78, 5) is 4.25. The van der Waals surface area contributed by atoms with E-state index in [1.54, 1.807) is 0 Å². The second kappa shape index (κ2) is 7.55. The molecule has 0 amide bonds. The fourth-order valence-electron chi connectivity index (χ4n) is 2.69. The Bertz CT molecular complexity index is 776. The molecule has 0 saturated heterocycles. The molecule has 1 atom stereocenters. The van der Waals surface area contributed by atoms with Crippen molar-refractivity contribution in [1.29, 1.82) is 0 Å². The first-order chi connectivity index (χ1) is 12.4. The third-order valence-electron chi connectivity index (χ3n) is 3.87. The summed E-state index contributed by atoms with van der Waals surface area (Å²) >= 11 is 0. The van der Waals surface area contributed by atoms with Gasteiger partial charge < -0.3 is 20.5 Å². The Morgan fingerprint density at radius 2 is 1.92 bits per heavy atom. The van der Waals surface area contributed by atoms with Gasteiger partial charge in [-0.25, -0.2) is 4.99 Å². The van der Waals surface area contributed by atoms with E-state index in [2.05, 4.69) is 15.0 Å². The highest BCUT2D eigenvalue weighted by Crippen LogP contribution is 2.31. The standard InChI is InChI=1S/C18H18F3N3O2/c19-18(20,21)26-13-7-5-12(6-8-13)11-23-17(22)24-15-9-10-25-16-4-2-1-3-14(15)16/h1-8,15H,9-11H2,(H3,22,23,24). The van der Waals surface area contributed by atoms with Gasteiger partial charge in [-0.05, 0) is 23.8 Å². The van der Waals surface area contributed by atoms with Gasteiger partial charge in [0.1, 0.15) is 11.5 Å². The molecule has 0 fully saturated rings. The number of benzene rings is 2. The van der Waals surface area contributed by atoms with E-state index in [1.165, 1.54) is 24.3 Å². The zero-order valence-corrected chi connectivity index (χ0v) is 13.8. The van der Waals surface area contributed by atoms with Crippen LogP contribution < -0.4 is 20.5 Å². The number of ether oxygens (including phenoxy) is 2. The number of nitrogens with two attached hydrogens (primary N) is 1. The summed E-state index contributed by atoms with van der Waals surface area (Å²) in [5.74, 6) is 0.821. The maximum absolute atomic E-state index is 12.1. The Labute approximate surface area is 148 Å². The zero-order chi connectivity index (χ0) is 18.6. The third-order valence-corrected chi connectivity index (χ3v) is 3.87. The fraction of sp³-hybridized carbons (Fsp3) is 0.278. The molecule has 5 nitrogen and oxygen atoms in total. The van der Waals surface area contributed by atoms with Gasteiger partial charge in [-0.2, -0.15) is 0 Å². The van der Waals surface area contributed by atoms with Crippen molar-refractivity contribution >= 4 is 5.96 Å². The number of rotatable bonds is 4. The Hall–Kier alpha value is -2.90. The van der Waals surface area contributed by atoms with Crippen LogP contribution >= 0.6 is 0 Å². The van der Waals surface area contributed by atoms with Gasteiger partial charge in [-0.1, -0.05) is 30.3 Å². The number of hydrogen-bond acceptors (Lipinski definition) is 3. The maximum Gasteiger partial charge on any atom is 0.573 e. The van der Waals surface area contributed by atoms with Gasteiger partial charge in [-0.3, -0.25) is 0 Å². The van der Waals surface area contributed by atoms with Crippen LogP contribution in [0.1, 0.15) is 23.6 Å². The minimum atomic E-state index is -4.70. The molecule has 1 heterocycles. The highest BCUT2D eigenvalue weighted by atomic mass is 19.4. The van der Waals surface area contributed by atoms with Crippen LogP contribution in [-0.4, -0.2) is 18.9 Å². The molecule has 1 aliphatic rings. The number of hydrogen-bond donors (Lipinski definition) is 2. The van der Waals surface area contributed by atoms with E-state index < -0.39 is 6.36 Å². The molecular formula is C18H18F3N3O2. The number of alkyl halides is 3. The summed E-state index contributed by atoms with van der Waals surface area (Å²) in [5, 5.41) is 3.16. The van der Waals surface area contributed by atoms with Gasteiger partial charge in [0.15, 0.2) is 5.96 Å². The second-order valence-electron chi connectivity index (χ2n) is 5.77. The van der Waals surface area contributed by atoms with Crippen LogP contribution in [0.2, 0.25) is 0 Å². The molecule has 0 aromatic heterocycles. The van der Waals surface area contributed by atoms with Crippen molar-refractivity contribution in [3.05, 3.63) is 59.7 Å². The minimum absolute atomic E-state index is 0.00580. The lowest BCUT2D eigenvalue weighted by Gasteiger charge is -2.26. The minimum Gasteiger partial charge on any atom is -0.493 e. The van der Waals surface area contributed by atoms with E-state index >= 15 is 0 Å². The van der Waals surface area contributed by atoms with Crippen LogP contribution in [0.5, 0.6) is 11.5 Å². The van der Waals surface area contributed by atoms with Crippen molar-refractivity contribution in [2.24, 2.45) is 10.7 Å². The van der Waals surface area contributed by atoms with Crippen molar-refractivity contribution in [3.8, 4) is 11.5 Å². The summed E-state index contributed by atoms with van der Waals surface area (Å²) in [7, 11) is 0. The number of guanidine groups is 1. The van der Waals surface area contributed by atoms with Crippen molar-refractivity contribution < 1.29 is 22.6 Å². The molecule has 0 radical (unpaired) electrons. The van der Waals surface area contributed by atoms with Crippen LogP contribution in [0.15, 0.2) is 53.5 Å². The monoisotopic (exact) mass is 365 g/mol. The first-order valence-electron chi connectivity index (χ1n) is 8.03. The molecule has 138 valence electrons. The van der Waals surface area contributed by atoms with Crippen molar-refractivity contribution in [2.45, 2.75) is 25.4 Å². The van der Waals surface area contributed by atoms with Crippen LogP contribution in [0.25, 0.3) is 0 Å². The predicted molar refractivity (Wildman–Crippen MR) is 90.9 cm³/mol. The van der Waals surface area contributed by atoms with Gasteiger partial charge in [0.2, 0.25) is 0 Å². The Balaban J connectivity index is 1.59. The Morgan fingerprint density at radius 3 is 2.65 bits per heavy atom. The van der Waals surface area contributed by atoms with E-state index in [0.29, 0.717) is 6.61 Å². The third kappa shape index (κ3) is 4.81. The number of para-hydroxylation sites is 1. The van der Waals surface area contributed by atoms with Gasteiger partial charge in [0, 0.05) is 12.0 Å². The molecule has 0 aliphatic carbocycles. The number of nitrogens with zero attached hydrogens (tertiary/aromatic N) is 1. The largest absolute Gasteiger partial charge is 0.573 e. The zero-order valence-electron chi connectivity index (χ0n) is 13.8. The van der Waals surface area contributed by atoms with Crippen molar-refractivity contribution in [2.75, 3.05) is 6.61 Å². The van der Waals surface area contributed by atoms with Crippen LogP contribution in [-0.2, 0) is 6.54 Å². The lowest BCUT2D eigenvalue weighted by molar-refractivity contribution is -0.274. The summed E-state index contributed by atoms with van der Waals surface area (Å²) in [6, 6.07) is 13.2. The topological polar surface area (TPSA) is 68.9 Å². The predicted octanol–water partition coefficient (Wildman–Crippen LogP) is 3.51. The van der Waals surface area contributed by atoms with Crippen LogP contribution in [0.3, 0.4) is 0 Å². The van der Waals surface area contributed by atoms with E-state index in [9.17, 15) is 13.2 Å². The van der Waals surface area contributed by atoms with Gasteiger partial charge in [-0.15, -0.1) is 13.2 Å². The van der Waals surface area contributed by atoms with Gasteiger partial charge in [0.25, 0.3) is 0 Å². The maximum atomic E-state index is 12.1. The van der Waals surface area contributed by atoms with E-state index in [0.717, 1.165) is 23.3 Å². The SMILES string of the molecule is NC(=NCc1ccc(OC(F)(F)F)cc1)NC1CCOc2ccccc21. The van der Waals surface area contributed by atoms with Crippen molar-refractivity contribution in [1.82, 2.24) is 5.32 Å². The lowest BCUT2D eigenvalue weighted by atomic mass is 10.0. The molecular weight excluding hydrogens is 347 g/mol. The van der Waals surface area contributed by atoms with Gasteiger partial charge in [0.05, 0.1) is 19.2 Å². The molecule has 26 heavy (non-hydrogen) atoms. The fourth-order valence-corrected chi connectivity index (χ4v) is 2.69. The molecule has 0 saturated carbocycles. The van der Waals surface area contributed by atoms with Crippen LogP contribution in [0.4, 0.5) is 13.2 Å². The number of fused-ring (bicyclic) bond motifs is 1. The van der Waals surface area contributed by atoms with E-state index in [4.69, 9.17) is 10.5 Å². The first-order valence-corrected chi connectivity index (χ1v) is 8.03. The van der Waals surface area contributed by atoms with E-state index in [-0.39, 0.29) is 24.3 Å². The first kappa shape index (κ1) is 17.9. The second-order valence-corrected chi connectivity index (χ2v) is 5.77. The molecule has 2 aromatic carbocycles. The normalized spacial score (nSPS) is 17.2. The number of halogens is 3. The summed E-state index contributed by atoms with van der Waals surface area (Å²) in [6.07, 6.45) is -3.94.